The van der Waals surface area contributed by atoms with E-state index in [1.165, 1.54) is 0 Å². The molecular formula is C32H29N7O. The minimum absolute atomic E-state index is 0.162. The number of nitrogens with zero attached hydrogens (tertiary/aromatic N) is 6. The molecule has 0 radical (unpaired) electrons. The van der Waals surface area contributed by atoms with Crippen molar-refractivity contribution in [1.29, 1.82) is 0 Å². The maximum atomic E-state index is 13.8. The van der Waals surface area contributed by atoms with Crippen LogP contribution in [0.4, 0.5) is 0 Å². The molecular weight excluding hydrogens is 498 g/mol. The van der Waals surface area contributed by atoms with E-state index in [2.05, 4.69) is 42.5 Å². The first kappa shape index (κ1) is 25.3. The lowest BCUT2D eigenvalue weighted by atomic mass is 10.0. The Bertz CT molecular complexity index is 1720. The number of fused-ring (bicyclic) bond motifs is 1. The van der Waals surface area contributed by atoms with Gasteiger partial charge in [-0.2, -0.15) is 0 Å². The van der Waals surface area contributed by atoms with Crippen LogP contribution in [0.1, 0.15) is 39.7 Å². The highest BCUT2D eigenvalue weighted by Crippen LogP contribution is 2.30. The van der Waals surface area contributed by atoms with Crippen LogP contribution in [-0.4, -0.2) is 35.1 Å². The predicted octanol–water partition coefficient (Wildman–Crippen LogP) is 5.06. The fraction of sp³-hybridized carbons (Fsp3) is 0.156. The lowest BCUT2D eigenvalue weighted by molar-refractivity contribution is 0.194. The van der Waals surface area contributed by atoms with E-state index in [4.69, 9.17) is 0 Å². The molecule has 3 aromatic carbocycles. The molecule has 40 heavy (non-hydrogen) atoms. The Hall–Kier alpha value is -4.95. The fourth-order valence-electron chi connectivity index (χ4n) is 5.16. The molecule has 1 atom stereocenters. The number of hydrogen-bond donors (Lipinski definition) is 1. The van der Waals surface area contributed by atoms with Gasteiger partial charge in [0.15, 0.2) is 5.82 Å². The van der Waals surface area contributed by atoms with Gasteiger partial charge in [-0.05, 0) is 57.1 Å². The number of tetrazole rings is 1. The van der Waals surface area contributed by atoms with Gasteiger partial charge < -0.3 is 4.98 Å². The van der Waals surface area contributed by atoms with Crippen molar-refractivity contribution in [3.63, 3.8) is 0 Å². The van der Waals surface area contributed by atoms with Crippen LogP contribution >= 0.6 is 0 Å². The van der Waals surface area contributed by atoms with Gasteiger partial charge in [-0.3, -0.25) is 14.7 Å². The number of hydrogen-bond acceptors (Lipinski definition) is 6. The zero-order valence-corrected chi connectivity index (χ0v) is 22.2. The molecule has 8 nitrogen and oxygen atoms in total. The van der Waals surface area contributed by atoms with Crippen molar-refractivity contribution in [3.05, 3.63) is 153 Å². The number of nitrogens with one attached hydrogen (secondary N) is 1. The molecule has 0 fully saturated rings. The lowest BCUT2D eigenvalue weighted by Gasteiger charge is -2.31. The molecule has 1 N–H and O–H groups in total. The SMILES string of the molecule is Cc1cccc2cc([C@H](c3nnnn3Cc3ccccc3)N(Cc3ccccc3)Cc3cccnc3)c(=O)[nH]c12. The zero-order valence-electron chi connectivity index (χ0n) is 22.2. The molecule has 0 unspecified atom stereocenters. The molecule has 8 heteroatoms. The molecule has 198 valence electrons. The Morgan fingerprint density at radius 2 is 1.57 bits per heavy atom. The van der Waals surface area contributed by atoms with Gasteiger partial charge in [-0.1, -0.05) is 84.9 Å². The molecule has 0 aliphatic heterocycles. The largest absolute Gasteiger partial charge is 0.321 e. The molecule has 0 spiro atoms. The van der Waals surface area contributed by atoms with Crippen LogP contribution in [-0.2, 0) is 19.6 Å². The molecule has 0 aliphatic carbocycles. The van der Waals surface area contributed by atoms with Crippen molar-refractivity contribution in [3.8, 4) is 0 Å². The summed E-state index contributed by atoms with van der Waals surface area (Å²) in [5.74, 6) is 0.598. The third-order valence-corrected chi connectivity index (χ3v) is 7.09. The Balaban J connectivity index is 1.53. The maximum absolute atomic E-state index is 13.8. The lowest BCUT2D eigenvalue weighted by Crippen LogP contribution is -2.35. The molecule has 3 aromatic heterocycles. The van der Waals surface area contributed by atoms with E-state index in [1.54, 1.807) is 10.9 Å². The van der Waals surface area contributed by atoms with Crippen LogP contribution in [0, 0.1) is 6.92 Å². The topological polar surface area (TPSA) is 92.6 Å². The first-order valence-electron chi connectivity index (χ1n) is 13.2. The number of pyridine rings is 2. The number of H-pyrrole nitrogens is 1. The molecule has 0 amide bonds. The van der Waals surface area contributed by atoms with Crippen LogP contribution < -0.4 is 5.56 Å². The van der Waals surface area contributed by atoms with E-state index in [-0.39, 0.29) is 5.56 Å². The standard InChI is InChI=1S/C32H29N7O/c1-23-10-8-16-27-18-28(32(40)34-29(23)27)30(31-35-36-37-39(31)22-25-13-6-3-7-14-25)38(20-24-11-4-2-5-12-24)21-26-15-9-17-33-19-26/h2-19,30H,20-22H2,1H3,(H,34,40)/t30-/m1/s1. The first-order valence-corrected chi connectivity index (χ1v) is 13.2. The van der Waals surface area contributed by atoms with Gasteiger partial charge in [0.25, 0.3) is 5.56 Å². The smallest absolute Gasteiger partial charge is 0.253 e. The normalized spacial score (nSPS) is 12.2. The molecule has 6 rings (SSSR count). The molecule has 0 saturated carbocycles. The summed E-state index contributed by atoms with van der Waals surface area (Å²) in [6.45, 7) is 3.59. The number of para-hydroxylation sites is 1. The summed E-state index contributed by atoms with van der Waals surface area (Å²) in [6, 6.07) is 31.8. The molecule has 3 heterocycles. The first-order chi connectivity index (χ1) is 19.7. The van der Waals surface area contributed by atoms with E-state index in [1.807, 2.05) is 98.0 Å². The fourth-order valence-corrected chi connectivity index (χ4v) is 5.16. The van der Waals surface area contributed by atoms with E-state index in [0.717, 1.165) is 33.2 Å². The van der Waals surface area contributed by atoms with Crippen LogP contribution in [0.15, 0.2) is 114 Å². The predicted molar refractivity (Wildman–Crippen MR) is 154 cm³/mol. The van der Waals surface area contributed by atoms with Gasteiger partial charge in [0.2, 0.25) is 0 Å². The third-order valence-electron chi connectivity index (χ3n) is 7.09. The quantitative estimate of drug-likeness (QED) is 0.283. The summed E-state index contributed by atoms with van der Waals surface area (Å²) in [4.78, 5) is 23.6. The van der Waals surface area contributed by atoms with Crippen LogP contribution in [0.25, 0.3) is 10.9 Å². The minimum atomic E-state index is -0.534. The molecule has 0 aliphatic rings. The van der Waals surface area contributed by atoms with Gasteiger partial charge in [-0.15, -0.1) is 5.10 Å². The number of aromatic amines is 1. The highest BCUT2D eigenvalue weighted by molar-refractivity contribution is 5.82. The summed E-state index contributed by atoms with van der Waals surface area (Å²) in [7, 11) is 0. The van der Waals surface area contributed by atoms with E-state index in [0.29, 0.717) is 31.0 Å². The second-order valence-corrected chi connectivity index (χ2v) is 9.93. The second kappa shape index (κ2) is 11.4. The minimum Gasteiger partial charge on any atom is -0.321 e. The second-order valence-electron chi connectivity index (χ2n) is 9.93. The highest BCUT2D eigenvalue weighted by atomic mass is 16.1. The van der Waals surface area contributed by atoms with Crippen molar-refractivity contribution in [1.82, 2.24) is 35.1 Å². The number of aryl methyl sites for hydroxylation is 1. The van der Waals surface area contributed by atoms with Gasteiger partial charge in [-0.25, -0.2) is 4.68 Å². The van der Waals surface area contributed by atoms with Crippen LogP contribution in [0.3, 0.4) is 0 Å². The van der Waals surface area contributed by atoms with Crippen molar-refractivity contribution in [2.24, 2.45) is 0 Å². The van der Waals surface area contributed by atoms with Crippen molar-refractivity contribution >= 4 is 10.9 Å². The zero-order chi connectivity index (χ0) is 27.3. The van der Waals surface area contributed by atoms with Gasteiger partial charge in [0, 0.05) is 31.0 Å². The van der Waals surface area contributed by atoms with Gasteiger partial charge in [0.05, 0.1) is 12.1 Å². The summed E-state index contributed by atoms with van der Waals surface area (Å²) in [5, 5.41) is 13.9. The average molecular weight is 528 g/mol. The third kappa shape index (κ3) is 5.43. The van der Waals surface area contributed by atoms with Gasteiger partial charge in [0.1, 0.15) is 6.04 Å². The number of aromatic nitrogens is 6. The van der Waals surface area contributed by atoms with E-state index < -0.39 is 6.04 Å². The summed E-state index contributed by atoms with van der Waals surface area (Å²) >= 11 is 0. The maximum Gasteiger partial charge on any atom is 0.253 e. The van der Waals surface area contributed by atoms with Crippen molar-refractivity contribution in [2.45, 2.75) is 32.6 Å². The average Bonchev–Trinajstić information content (AvgIpc) is 3.43. The van der Waals surface area contributed by atoms with Gasteiger partial charge >= 0.3 is 0 Å². The Morgan fingerprint density at radius 1 is 0.850 bits per heavy atom. The van der Waals surface area contributed by atoms with Crippen molar-refractivity contribution < 1.29 is 0 Å². The summed E-state index contributed by atoms with van der Waals surface area (Å²) in [6.07, 6.45) is 3.62. The number of rotatable bonds is 9. The van der Waals surface area contributed by atoms with E-state index >= 15 is 0 Å². The van der Waals surface area contributed by atoms with E-state index in [9.17, 15) is 4.79 Å². The summed E-state index contributed by atoms with van der Waals surface area (Å²) in [5.41, 5.74) is 5.49. The highest BCUT2D eigenvalue weighted by Gasteiger charge is 2.31. The van der Waals surface area contributed by atoms with Crippen molar-refractivity contribution in [2.75, 3.05) is 0 Å². The van der Waals surface area contributed by atoms with Crippen LogP contribution in [0.5, 0.6) is 0 Å². The number of benzene rings is 3. The molecule has 0 bridgehead atoms. The molecule has 0 saturated heterocycles. The van der Waals surface area contributed by atoms with Crippen LogP contribution in [0.2, 0.25) is 0 Å². The monoisotopic (exact) mass is 527 g/mol. The Morgan fingerprint density at radius 3 is 2.33 bits per heavy atom. The Kier molecular flexibility index (Phi) is 7.24. The summed E-state index contributed by atoms with van der Waals surface area (Å²) < 4.78 is 1.79. The molecule has 6 aromatic rings. The Labute approximate surface area is 232 Å².